The Morgan fingerprint density at radius 3 is 1.62 bits per heavy atom. The van der Waals surface area contributed by atoms with Gasteiger partial charge in [-0.2, -0.15) is 0 Å². The standard InChI is InChI=1S/C8H6O4.C4H10O3.2Na/c9-7(10)5-2-1-3-6(4-5)8(11)12;5-1-3-7-4-2-6;;/h1-4H,(H,9,10)(H,11,12);5-6H,1-4H2;;/q;;2*+1/p-2. The maximum absolute atomic E-state index is 10.3. The van der Waals surface area contributed by atoms with Crippen molar-refractivity contribution in [3.05, 3.63) is 35.4 Å². The largest absolute Gasteiger partial charge is 1.00 e. The molecule has 0 bridgehead atoms. The van der Waals surface area contributed by atoms with Crippen LogP contribution in [0.25, 0.3) is 0 Å². The van der Waals surface area contributed by atoms with E-state index in [0.717, 1.165) is 6.07 Å². The van der Waals surface area contributed by atoms with E-state index < -0.39 is 11.9 Å². The summed E-state index contributed by atoms with van der Waals surface area (Å²) in [5.74, 6) is -2.81. The molecule has 0 aliphatic carbocycles. The van der Waals surface area contributed by atoms with Gasteiger partial charge in [0.05, 0.1) is 38.4 Å². The fourth-order valence-electron chi connectivity index (χ4n) is 1.00. The quantitative estimate of drug-likeness (QED) is 0.394. The summed E-state index contributed by atoms with van der Waals surface area (Å²) in [6.45, 7) is 0.696. The van der Waals surface area contributed by atoms with Gasteiger partial charge in [0, 0.05) is 0 Å². The molecule has 0 saturated heterocycles. The number of carbonyl (C=O) groups excluding carboxylic acids is 2. The van der Waals surface area contributed by atoms with Crippen LogP contribution in [0.3, 0.4) is 0 Å². The molecular formula is C12H14Na2O7. The van der Waals surface area contributed by atoms with E-state index in [0.29, 0.717) is 13.2 Å². The van der Waals surface area contributed by atoms with Gasteiger partial charge in [-0.05, 0) is 17.2 Å². The molecule has 0 aliphatic heterocycles. The molecule has 9 heteroatoms. The topological polar surface area (TPSA) is 130 Å². The molecule has 0 aliphatic rings. The first-order valence-corrected chi connectivity index (χ1v) is 5.35. The van der Waals surface area contributed by atoms with Gasteiger partial charge in [0.1, 0.15) is 0 Å². The molecule has 0 radical (unpaired) electrons. The molecule has 2 N–H and O–H groups in total. The Balaban J connectivity index is -0.000000317. The number of carboxylic acids is 2. The first-order valence-electron chi connectivity index (χ1n) is 5.35. The van der Waals surface area contributed by atoms with Crippen molar-refractivity contribution in [2.75, 3.05) is 26.4 Å². The molecule has 0 atom stereocenters. The molecule has 0 amide bonds. The minimum atomic E-state index is -1.40. The van der Waals surface area contributed by atoms with E-state index in [1.165, 1.54) is 18.2 Å². The Labute approximate surface area is 166 Å². The van der Waals surface area contributed by atoms with Crippen molar-refractivity contribution in [2.45, 2.75) is 0 Å². The summed E-state index contributed by atoms with van der Waals surface area (Å²) < 4.78 is 4.63. The monoisotopic (exact) mass is 316 g/mol. The number of benzene rings is 1. The molecular weight excluding hydrogens is 302 g/mol. The van der Waals surface area contributed by atoms with Crippen molar-refractivity contribution in [1.29, 1.82) is 0 Å². The zero-order valence-electron chi connectivity index (χ0n) is 12.1. The van der Waals surface area contributed by atoms with Crippen molar-refractivity contribution in [1.82, 2.24) is 0 Å². The van der Waals surface area contributed by atoms with Crippen LogP contribution in [0.1, 0.15) is 20.7 Å². The van der Waals surface area contributed by atoms with Crippen molar-refractivity contribution < 1.29 is 93.9 Å². The smallest absolute Gasteiger partial charge is 0.545 e. The van der Waals surface area contributed by atoms with E-state index >= 15 is 0 Å². The maximum Gasteiger partial charge on any atom is 1.00 e. The number of ether oxygens (including phenoxy) is 1. The van der Waals surface area contributed by atoms with Gasteiger partial charge in [-0.1, -0.05) is 18.2 Å². The van der Waals surface area contributed by atoms with Crippen LogP contribution < -0.4 is 69.3 Å². The summed E-state index contributed by atoms with van der Waals surface area (Å²) in [5, 5.41) is 36.7. The van der Waals surface area contributed by atoms with E-state index in [1.54, 1.807) is 0 Å². The first-order chi connectivity index (χ1) is 9.02. The minimum Gasteiger partial charge on any atom is -0.545 e. The van der Waals surface area contributed by atoms with Gasteiger partial charge in [0.25, 0.3) is 0 Å². The molecule has 21 heavy (non-hydrogen) atoms. The third-order valence-electron chi connectivity index (χ3n) is 1.81. The van der Waals surface area contributed by atoms with Crippen molar-refractivity contribution in [3.8, 4) is 0 Å². The summed E-state index contributed by atoms with van der Waals surface area (Å²) in [7, 11) is 0. The molecule has 0 spiro atoms. The van der Waals surface area contributed by atoms with E-state index in [4.69, 9.17) is 10.2 Å². The summed E-state index contributed by atoms with van der Waals surface area (Å²) in [5.41, 5.74) is -0.339. The molecule has 7 nitrogen and oxygen atoms in total. The first kappa shape index (κ1) is 26.0. The van der Waals surface area contributed by atoms with Crippen LogP contribution in [0.2, 0.25) is 0 Å². The zero-order valence-corrected chi connectivity index (χ0v) is 16.1. The van der Waals surface area contributed by atoms with Gasteiger partial charge >= 0.3 is 59.1 Å². The molecule has 1 aromatic carbocycles. The van der Waals surface area contributed by atoms with Crippen LogP contribution in [0, 0.1) is 0 Å². The third kappa shape index (κ3) is 13.4. The van der Waals surface area contributed by atoms with Crippen LogP contribution in [0.4, 0.5) is 0 Å². The van der Waals surface area contributed by atoms with Gasteiger partial charge in [0.15, 0.2) is 0 Å². The predicted molar refractivity (Wildman–Crippen MR) is 60.1 cm³/mol. The van der Waals surface area contributed by atoms with E-state index in [9.17, 15) is 19.8 Å². The fraction of sp³-hybridized carbons (Fsp3) is 0.333. The number of rotatable bonds is 6. The number of carbonyl (C=O) groups is 2. The van der Waals surface area contributed by atoms with Gasteiger partial charge < -0.3 is 34.8 Å². The third-order valence-corrected chi connectivity index (χ3v) is 1.81. The summed E-state index contributed by atoms with van der Waals surface area (Å²) >= 11 is 0. The van der Waals surface area contributed by atoms with E-state index in [1.807, 2.05) is 0 Å². The molecule has 0 aromatic heterocycles. The molecule has 0 unspecified atom stereocenters. The minimum absolute atomic E-state index is 0. The van der Waals surface area contributed by atoms with Crippen LogP contribution in [0.5, 0.6) is 0 Å². The number of hydrogen-bond donors (Lipinski definition) is 2. The van der Waals surface area contributed by atoms with Crippen molar-refractivity contribution in [2.24, 2.45) is 0 Å². The van der Waals surface area contributed by atoms with Crippen molar-refractivity contribution >= 4 is 11.9 Å². The Morgan fingerprint density at radius 1 is 0.952 bits per heavy atom. The van der Waals surface area contributed by atoms with Gasteiger partial charge in [-0.3, -0.25) is 0 Å². The van der Waals surface area contributed by atoms with E-state index in [2.05, 4.69) is 4.74 Å². The van der Waals surface area contributed by atoms with Gasteiger partial charge in [-0.15, -0.1) is 0 Å². The predicted octanol–water partition coefficient (Wildman–Crippen LogP) is -8.59. The second kappa shape index (κ2) is 16.4. The van der Waals surface area contributed by atoms with Crippen LogP contribution in [-0.2, 0) is 4.74 Å². The molecule has 0 heterocycles. The van der Waals surface area contributed by atoms with Gasteiger partial charge in [-0.25, -0.2) is 0 Å². The number of carboxylic acid groups (broad SMARTS) is 2. The second-order valence-electron chi connectivity index (χ2n) is 3.22. The Kier molecular flexibility index (Phi) is 20.3. The molecule has 0 fully saturated rings. The number of hydrogen-bond acceptors (Lipinski definition) is 7. The SMILES string of the molecule is O=C([O-])c1cccc(C(=O)[O-])c1.OCCOCCO.[Na+].[Na+]. The number of aromatic carboxylic acids is 2. The van der Waals surface area contributed by atoms with Crippen LogP contribution >= 0.6 is 0 Å². The molecule has 0 saturated carbocycles. The molecule has 1 rings (SSSR count). The fourth-order valence-corrected chi connectivity index (χ4v) is 1.00. The van der Waals surface area contributed by atoms with Crippen molar-refractivity contribution in [3.63, 3.8) is 0 Å². The summed E-state index contributed by atoms with van der Waals surface area (Å²) in [4.78, 5) is 20.5. The summed E-state index contributed by atoms with van der Waals surface area (Å²) in [6.07, 6.45) is 0. The Morgan fingerprint density at radius 2 is 1.33 bits per heavy atom. The Hall–Kier alpha value is 0.0400. The Bertz CT molecular complexity index is 379. The zero-order chi connectivity index (χ0) is 14.7. The van der Waals surface area contributed by atoms with Crippen LogP contribution in [-0.4, -0.2) is 48.6 Å². The van der Waals surface area contributed by atoms with Gasteiger partial charge in [0.2, 0.25) is 0 Å². The second-order valence-corrected chi connectivity index (χ2v) is 3.22. The summed E-state index contributed by atoms with van der Waals surface area (Å²) in [6, 6.07) is 4.81. The van der Waals surface area contributed by atoms with E-state index in [-0.39, 0.29) is 83.5 Å². The van der Waals surface area contributed by atoms with Crippen LogP contribution in [0.15, 0.2) is 24.3 Å². The molecule has 106 valence electrons. The number of aliphatic hydroxyl groups is 2. The number of aliphatic hydroxyl groups excluding tert-OH is 2. The maximum atomic E-state index is 10.3. The molecule has 1 aromatic rings. The average molecular weight is 316 g/mol. The normalized spacial score (nSPS) is 8.48. The average Bonchev–Trinajstić information content (AvgIpc) is 2.40.